The van der Waals surface area contributed by atoms with Crippen LogP contribution in [-0.4, -0.2) is 17.4 Å². The zero-order valence-corrected chi connectivity index (χ0v) is 15.4. The Morgan fingerprint density at radius 3 is 2.21 bits per heavy atom. The van der Waals surface area contributed by atoms with Crippen molar-refractivity contribution < 1.29 is 14.5 Å². The maximum atomic E-state index is 12.9. The number of para-hydroxylation sites is 1. The minimum atomic E-state index is -0.552. The second-order valence-electron chi connectivity index (χ2n) is 6.09. The molecule has 0 saturated heterocycles. The molecule has 0 bridgehead atoms. The molecule has 3 aromatic carbocycles. The molecule has 0 radical (unpaired) electrons. The summed E-state index contributed by atoms with van der Waals surface area (Å²) in [5.41, 5.74) is 1.53. The number of rotatable bonds is 7. The summed E-state index contributed by atoms with van der Waals surface area (Å²) in [6, 6.07) is 22.4. The third kappa shape index (κ3) is 4.35. The average Bonchev–Trinajstić information content (AvgIpc) is 2.73. The number of nitrogens with zero attached hydrogens (tertiary/aromatic N) is 1. The van der Waals surface area contributed by atoms with Crippen molar-refractivity contribution in [1.82, 2.24) is 5.32 Å². The monoisotopic (exact) mass is 376 g/mol. The van der Waals surface area contributed by atoms with Crippen LogP contribution in [0.1, 0.15) is 34.5 Å². The SMILES string of the molecule is CCOc1ccc([C@@H](NC(=O)c2ccccc2[N+](=O)[O-])c2ccccc2)cc1. The van der Waals surface area contributed by atoms with E-state index in [-0.39, 0.29) is 11.3 Å². The number of hydrogen-bond acceptors (Lipinski definition) is 4. The number of hydrogen-bond donors (Lipinski definition) is 1. The summed E-state index contributed by atoms with van der Waals surface area (Å²) in [6.45, 7) is 2.48. The molecule has 0 unspecified atom stereocenters. The van der Waals surface area contributed by atoms with E-state index in [1.54, 1.807) is 6.07 Å². The van der Waals surface area contributed by atoms with Gasteiger partial charge >= 0.3 is 0 Å². The summed E-state index contributed by atoms with van der Waals surface area (Å²) < 4.78 is 5.48. The van der Waals surface area contributed by atoms with Crippen LogP contribution in [0.2, 0.25) is 0 Å². The summed E-state index contributed by atoms with van der Waals surface area (Å²) in [7, 11) is 0. The Hall–Kier alpha value is -3.67. The fourth-order valence-electron chi connectivity index (χ4n) is 2.96. The molecule has 0 saturated carbocycles. The van der Waals surface area contributed by atoms with Gasteiger partial charge in [0.25, 0.3) is 11.6 Å². The maximum absolute atomic E-state index is 12.9. The van der Waals surface area contributed by atoms with Crippen molar-refractivity contribution in [1.29, 1.82) is 0 Å². The van der Waals surface area contributed by atoms with E-state index in [2.05, 4.69) is 5.32 Å². The number of nitrogens with one attached hydrogen (secondary N) is 1. The van der Waals surface area contributed by atoms with E-state index >= 15 is 0 Å². The first-order chi connectivity index (χ1) is 13.6. The molecule has 3 rings (SSSR count). The van der Waals surface area contributed by atoms with Gasteiger partial charge in [0.05, 0.1) is 17.6 Å². The van der Waals surface area contributed by atoms with Crippen molar-refractivity contribution in [3.8, 4) is 5.75 Å². The predicted molar refractivity (Wildman–Crippen MR) is 106 cm³/mol. The molecular weight excluding hydrogens is 356 g/mol. The predicted octanol–water partition coefficient (Wildman–Crippen LogP) is 4.51. The topological polar surface area (TPSA) is 81.5 Å². The average molecular weight is 376 g/mol. The lowest BCUT2D eigenvalue weighted by Crippen LogP contribution is -2.29. The lowest BCUT2D eigenvalue weighted by Gasteiger charge is -2.20. The number of nitro groups is 1. The highest BCUT2D eigenvalue weighted by Gasteiger charge is 2.23. The first-order valence-electron chi connectivity index (χ1n) is 8.92. The molecule has 0 fully saturated rings. The Morgan fingerprint density at radius 1 is 0.964 bits per heavy atom. The maximum Gasteiger partial charge on any atom is 0.282 e. The third-order valence-corrected chi connectivity index (χ3v) is 4.28. The van der Waals surface area contributed by atoms with E-state index in [1.165, 1.54) is 18.2 Å². The van der Waals surface area contributed by atoms with Crippen molar-refractivity contribution in [3.63, 3.8) is 0 Å². The summed E-state index contributed by atoms with van der Waals surface area (Å²) in [4.78, 5) is 23.6. The smallest absolute Gasteiger partial charge is 0.282 e. The fourth-order valence-corrected chi connectivity index (χ4v) is 2.96. The summed E-state index contributed by atoms with van der Waals surface area (Å²) in [5, 5.41) is 14.2. The molecule has 0 aromatic heterocycles. The number of carbonyl (C=O) groups excluding carboxylic acids is 1. The molecule has 1 atom stereocenters. The van der Waals surface area contributed by atoms with Crippen LogP contribution in [0.4, 0.5) is 5.69 Å². The molecule has 3 aromatic rings. The summed E-state index contributed by atoms with van der Waals surface area (Å²) >= 11 is 0. The lowest BCUT2D eigenvalue weighted by atomic mass is 9.98. The van der Waals surface area contributed by atoms with Gasteiger partial charge in [0.2, 0.25) is 0 Å². The molecule has 0 aliphatic carbocycles. The normalized spacial score (nSPS) is 11.5. The Kier molecular flexibility index (Phi) is 6.01. The van der Waals surface area contributed by atoms with E-state index in [9.17, 15) is 14.9 Å². The Bertz CT molecular complexity index is 956. The number of carbonyl (C=O) groups is 1. The Balaban J connectivity index is 1.94. The van der Waals surface area contributed by atoms with Gasteiger partial charge in [0, 0.05) is 6.07 Å². The van der Waals surface area contributed by atoms with E-state index in [0.29, 0.717) is 6.61 Å². The van der Waals surface area contributed by atoms with Crippen molar-refractivity contribution in [2.24, 2.45) is 0 Å². The molecule has 0 aliphatic heterocycles. The zero-order chi connectivity index (χ0) is 19.9. The van der Waals surface area contributed by atoms with Gasteiger partial charge in [-0.3, -0.25) is 14.9 Å². The molecule has 142 valence electrons. The van der Waals surface area contributed by atoms with Gasteiger partial charge in [-0.05, 0) is 36.2 Å². The van der Waals surface area contributed by atoms with Crippen LogP contribution in [0.3, 0.4) is 0 Å². The van der Waals surface area contributed by atoms with Crippen molar-refractivity contribution in [2.45, 2.75) is 13.0 Å². The minimum Gasteiger partial charge on any atom is -0.494 e. The van der Waals surface area contributed by atoms with Crippen LogP contribution in [-0.2, 0) is 0 Å². The van der Waals surface area contributed by atoms with Crippen molar-refractivity contribution in [3.05, 3.63) is 106 Å². The minimum absolute atomic E-state index is 0.0272. The van der Waals surface area contributed by atoms with Gasteiger partial charge < -0.3 is 10.1 Å². The van der Waals surface area contributed by atoms with Crippen LogP contribution < -0.4 is 10.1 Å². The third-order valence-electron chi connectivity index (χ3n) is 4.28. The van der Waals surface area contributed by atoms with Crippen LogP contribution >= 0.6 is 0 Å². The van der Waals surface area contributed by atoms with Crippen molar-refractivity contribution >= 4 is 11.6 Å². The van der Waals surface area contributed by atoms with E-state index < -0.39 is 16.9 Å². The standard InChI is InChI=1S/C22H20N2O4/c1-2-28-18-14-12-17(13-15-18)21(16-8-4-3-5-9-16)23-22(25)19-10-6-7-11-20(19)24(26)27/h3-15,21H,2H2,1H3,(H,23,25)/t21-/m0/s1. The second kappa shape index (κ2) is 8.81. The highest BCUT2D eigenvalue weighted by Crippen LogP contribution is 2.26. The van der Waals surface area contributed by atoms with Crippen LogP contribution in [0.15, 0.2) is 78.9 Å². The Labute approximate surface area is 162 Å². The van der Waals surface area contributed by atoms with Gasteiger partial charge in [-0.2, -0.15) is 0 Å². The molecule has 0 heterocycles. The van der Waals surface area contributed by atoms with Crippen LogP contribution in [0.25, 0.3) is 0 Å². The zero-order valence-electron chi connectivity index (χ0n) is 15.4. The first kappa shape index (κ1) is 19.1. The summed E-state index contributed by atoms with van der Waals surface area (Å²) in [5.74, 6) is 0.234. The highest BCUT2D eigenvalue weighted by molar-refractivity contribution is 5.98. The second-order valence-corrected chi connectivity index (χ2v) is 6.09. The van der Waals surface area contributed by atoms with Gasteiger partial charge in [0.15, 0.2) is 0 Å². The number of nitro benzene ring substituents is 1. The molecule has 1 N–H and O–H groups in total. The molecule has 6 nitrogen and oxygen atoms in total. The number of benzene rings is 3. The summed E-state index contributed by atoms with van der Waals surface area (Å²) in [6.07, 6.45) is 0. The molecular formula is C22H20N2O4. The Morgan fingerprint density at radius 2 is 1.57 bits per heavy atom. The molecule has 0 spiro atoms. The highest BCUT2D eigenvalue weighted by atomic mass is 16.6. The lowest BCUT2D eigenvalue weighted by molar-refractivity contribution is -0.385. The van der Waals surface area contributed by atoms with Gasteiger partial charge in [-0.25, -0.2) is 0 Å². The largest absolute Gasteiger partial charge is 0.494 e. The number of ether oxygens (including phenoxy) is 1. The van der Waals surface area contributed by atoms with Gasteiger partial charge in [-0.15, -0.1) is 0 Å². The van der Waals surface area contributed by atoms with Crippen LogP contribution in [0, 0.1) is 10.1 Å². The first-order valence-corrected chi connectivity index (χ1v) is 8.92. The molecule has 6 heteroatoms. The molecule has 1 amide bonds. The molecule has 0 aliphatic rings. The van der Waals surface area contributed by atoms with E-state index in [0.717, 1.165) is 16.9 Å². The van der Waals surface area contributed by atoms with Crippen LogP contribution in [0.5, 0.6) is 5.75 Å². The van der Waals surface area contributed by atoms with E-state index in [1.807, 2.05) is 61.5 Å². The quantitative estimate of drug-likeness (QED) is 0.486. The van der Waals surface area contributed by atoms with E-state index in [4.69, 9.17) is 4.74 Å². The number of amides is 1. The molecule has 28 heavy (non-hydrogen) atoms. The van der Waals surface area contributed by atoms with Gasteiger partial charge in [0.1, 0.15) is 11.3 Å². The fraction of sp³-hybridized carbons (Fsp3) is 0.136. The van der Waals surface area contributed by atoms with Gasteiger partial charge in [-0.1, -0.05) is 54.6 Å². The van der Waals surface area contributed by atoms with Crippen molar-refractivity contribution in [2.75, 3.05) is 6.61 Å².